The van der Waals surface area contributed by atoms with Gasteiger partial charge in [-0.1, -0.05) is 37.6 Å². The van der Waals surface area contributed by atoms with Crippen LogP contribution in [0.1, 0.15) is 29.5 Å². The SMILES string of the molecule is CCCc1ccc(-c2nc(C)c(CCN)s2)cc1. The van der Waals surface area contributed by atoms with Gasteiger partial charge in [-0.3, -0.25) is 0 Å². The average molecular weight is 260 g/mol. The van der Waals surface area contributed by atoms with Gasteiger partial charge in [-0.05, 0) is 31.9 Å². The molecule has 0 atom stereocenters. The molecule has 1 aromatic heterocycles. The normalized spacial score (nSPS) is 10.8. The van der Waals surface area contributed by atoms with E-state index < -0.39 is 0 Å². The summed E-state index contributed by atoms with van der Waals surface area (Å²) in [7, 11) is 0. The maximum atomic E-state index is 5.61. The highest BCUT2D eigenvalue weighted by Gasteiger charge is 2.08. The van der Waals surface area contributed by atoms with E-state index >= 15 is 0 Å². The lowest BCUT2D eigenvalue weighted by Gasteiger charge is -2.00. The number of hydrogen-bond donors (Lipinski definition) is 1. The van der Waals surface area contributed by atoms with Gasteiger partial charge in [0.2, 0.25) is 0 Å². The van der Waals surface area contributed by atoms with Crippen molar-refractivity contribution in [3.05, 3.63) is 40.4 Å². The van der Waals surface area contributed by atoms with Crippen LogP contribution in [-0.2, 0) is 12.8 Å². The monoisotopic (exact) mass is 260 g/mol. The van der Waals surface area contributed by atoms with Crippen LogP contribution in [0.5, 0.6) is 0 Å². The molecule has 0 fully saturated rings. The van der Waals surface area contributed by atoms with Gasteiger partial charge in [0.05, 0.1) is 5.69 Å². The highest BCUT2D eigenvalue weighted by molar-refractivity contribution is 7.15. The van der Waals surface area contributed by atoms with Gasteiger partial charge in [-0.15, -0.1) is 11.3 Å². The molecule has 3 heteroatoms. The summed E-state index contributed by atoms with van der Waals surface area (Å²) in [5.41, 5.74) is 9.35. The molecule has 2 rings (SSSR count). The van der Waals surface area contributed by atoms with Gasteiger partial charge in [0, 0.05) is 10.4 Å². The highest BCUT2D eigenvalue weighted by Crippen LogP contribution is 2.28. The Morgan fingerprint density at radius 1 is 1.17 bits per heavy atom. The van der Waals surface area contributed by atoms with Gasteiger partial charge >= 0.3 is 0 Å². The first-order chi connectivity index (χ1) is 8.74. The van der Waals surface area contributed by atoms with Crippen molar-refractivity contribution in [3.8, 4) is 10.6 Å². The largest absolute Gasteiger partial charge is 0.330 e. The van der Waals surface area contributed by atoms with Crippen LogP contribution in [-0.4, -0.2) is 11.5 Å². The number of rotatable bonds is 5. The molecule has 1 heterocycles. The third-order valence-electron chi connectivity index (χ3n) is 3.00. The number of hydrogen-bond acceptors (Lipinski definition) is 3. The molecule has 0 unspecified atom stereocenters. The van der Waals surface area contributed by atoms with Crippen LogP contribution in [0.15, 0.2) is 24.3 Å². The predicted octanol–water partition coefficient (Wildman–Crippen LogP) is 3.57. The molecule has 0 bridgehead atoms. The van der Waals surface area contributed by atoms with E-state index in [2.05, 4.69) is 43.1 Å². The summed E-state index contributed by atoms with van der Waals surface area (Å²) < 4.78 is 0. The standard InChI is InChI=1S/C15H20N2S/c1-3-4-12-5-7-13(8-6-12)15-17-11(2)14(18-15)9-10-16/h5-8H,3-4,9-10,16H2,1-2H3. The number of thiazole rings is 1. The van der Waals surface area contributed by atoms with Crippen molar-refractivity contribution in [3.63, 3.8) is 0 Å². The van der Waals surface area contributed by atoms with E-state index in [-0.39, 0.29) is 0 Å². The van der Waals surface area contributed by atoms with E-state index in [1.54, 1.807) is 11.3 Å². The quantitative estimate of drug-likeness (QED) is 0.892. The number of nitrogens with two attached hydrogens (primary N) is 1. The molecule has 2 N–H and O–H groups in total. The lowest BCUT2D eigenvalue weighted by Crippen LogP contribution is -2.01. The number of aryl methyl sites for hydroxylation is 2. The van der Waals surface area contributed by atoms with Gasteiger partial charge in [0.15, 0.2) is 0 Å². The third kappa shape index (κ3) is 2.98. The van der Waals surface area contributed by atoms with E-state index in [9.17, 15) is 0 Å². The molecule has 0 aliphatic rings. The Morgan fingerprint density at radius 3 is 2.50 bits per heavy atom. The molecular formula is C15H20N2S. The van der Waals surface area contributed by atoms with Gasteiger partial charge < -0.3 is 5.73 Å². The van der Waals surface area contributed by atoms with Crippen molar-refractivity contribution >= 4 is 11.3 Å². The molecule has 0 aliphatic heterocycles. The topological polar surface area (TPSA) is 38.9 Å². The average Bonchev–Trinajstić information content (AvgIpc) is 2.73. The fourth-order valence-electron chi connectivity index (χ4n) is 2.02. The maximum absolute atomic E-state index is 5.61. The van der Waals surface area contributed by atoms with Gasteiger partial charge in [-0.25, -0.2) is 4.98 Å². The minimum atomic E-state index is 0.692. The molecule has 0 amide bonds. The van der Waals surface area contributed by atoms with E-state index in [4.69, 9.17) is 5.73 Å². The molecule has 1 aromatic carbocycles. The van der Waals surface area contributed by atoms with Crippen LogP contribution < -0.4 is 5.73 Å². The summed E-state index contributed by atoms with van der Waals surface area (Å²) in [6.07, 6.45) is 3.27. The first-order valence-corrected chi connectivity index (χ1v) is 7.32. The van der Waals surface area contributed by atoms with Crippen molar-refractivity contribution in [1.29, 1.82) is 0 Å². The molecule has 2 nitrogen and oxygen atoms in total. The zero-order chi connectivity index (χ0) is 13.0. The summed E-state index contributed by atoms with van der Waals surface area (Å²) in [6, 6.07) is 8.77. The first-order valence-electron chi connectivity index (χ1n) is 6.50. The number of nitrogens with zero attached hydrogens (tertiary/aromatic N) is 1. The maximum Gasteiger partial charge on any atom is 0.123 e. The minimum Gasteiger partial charge on any atom is -0.330 e. The first kappa shape index (κ1) is 13.2. The molecule has 0 saturated heterocycles. The molecule has 0 radical (unpaired) electrons. The van der Waals surface area contributed by atoms with E-state index in [1.807, 2.05) is 0 Å². The van der Waals surface area contributed by atoms with Crippen LogP contribution in [0.4, 0.5) is 0 Å². The van der Waals surface area contributed by atoms with Crippen molar-refractivity contribution < 1.29 is 0 Å². The zero-order valence-electron chi connectivity index (χ0n) is 11.1. The molecule has 0 saturated carbocycles. The van der Waals surface area contributed by atoms with E-state index in [1.165, 1.54) is 22.4 Å². The molecule has 96 valence electrons. The zero-order valence-corrected chi connectivity index (χ0v) is 11.9. The number of aromatic nitrogens is 1. The lowest BCUT2D eigenvalue weighted by atomic mass is 10.1. The fraction of sp³-hybridized carbons (Fsp3) is 0.400. The van der Waals surface area contributed by atoms with Gasteiger partial charge in [0.1, 0.15) is 5.01 Å². The highest BCUT2D eigenvalue weighted by atomic mass is 32.1. The lowest BCUT2D eigenvalue weighted by molar-refractivity contribution is 0.922. The predicted molar refractivity (Wildman–Crippen MR) is 79.0 cm³/mol. The van der Waals surface area contributed by atoms with Crippen molar-refractivity contribution in [2.75, 3.05) is 6.54 Å². The summed E-state index contributed by atoms with van der Waals surface area (Å²) >= 11 is 1.77. The Balaban J connectivity index is 2.22. The van der Waals surface area contributed by atoms with Crippen LogP contribution in [0, 0.1) is 6.92 Å². The van der Waals surface area contributed by atoms with Crippen LogP contribution in [0.2, 0.25) is 0 Å². The summed E-state index contributed by atoms with van der Waals surface area (Å²) in [4.78, 5) is 5.95. The minimum absolute atomic E-state index is 0.692. The van der Waals surface area contributed by atoms with E-state index in [0.29, 0.717) is 6.54 Å². The molecule has 0 spiro atoms. The van der Waals surface area contributed by atoms with Crippen LogP contribution >= 0.6 is 11.3 Å². The Morgan fingerprint density at radius 2 is 1.89 bits per heavy atom. The summed E-state index contributed by atoms with van der Waals surface area (Å²) in [6.45, 7) is 4.96. The summed E-state index contributed by atoms with van der Waals surface area (Å²) in [5, 5.41) is 1.11. The second-order valence-corrected chi connectivity index (χ2v) is 5.60. The van der Waals surface area contributed by atoms with E-state index in [0.717, 1.165) is 23.5 Å². The third-order valence-corrected chi connectivity index (χ3v) is 4.27. The molecule has 2 aromatic rings. The Labute approximate surface area is 113 Å². The Hall–Kier alpha value is -1.19. The molecule has 18 heavy (non-hydrogen) atoms. The van der Waals surface area contributed by atoms with Crippen LogP contribution in [0.25, 0.3) is 10.6 Å². The Kier molecular flexibility index (Phi) is 4.50. The van der Waals surface area contributed by atoms with Gasteiger partial charge in [0.25, 0.3) is 0 Å². The summed E-state index contributed by atoms with van der Waals surface area (Å²) in [5.74, 6) is 0. The van der Waals surface area contributed by atoms with Crippen molar-refractivity contribution in [1.82, 2.24) is 4.98 Å². The Bertz CT molecular complexity index is 500. The van der Waals surface area contributed by atoms with Crippen molar-refractivity contribution in [2.24, 2.45) is 5.73 Å². The molecular weight excluding hydrogens is 240 g/mol. The fourth-order valence-corrected chi connectivity index (χ4v) is 3.10. The van der Waals surface area contributed by atoms with Gasteiger partial charge in [-0.2, -0.15) is 0 Å². The number of benzene rings is 1. The smallest absolute Gasteiger partial charge is 0.123 e. The second kappa shape index (κ2) is 6.12. The second-order valence-electron chi connectivity index (χ2n) is 4.51. The molecule has 0 aliphatic carbocycles. The van der Waals surface area contributed by atoms with Crippen molar-refractivity contribution in [2.45, 2.75) is 33.1 Å². The van der Waals surface area contributed by atoms with Crippen LogP contribution in [0.3, 0.4) is 0 Å².